The van der Waals surface area contributed by atoms with Crippen molar-refractivity contribution < 1.29 is 13.2 Å². The maximum Gasteiger partial charge on any atom is 0.255 e. The second kappa shape index (κ2) is 6.47. The molecule has 0 aliphatic heterocycles. The van der Waals surface area contributed by atoms with Crippen molar-refractivity contribution in [3.05, 3.63) is 41.5 Å². The number of aryl methyl sites for hydroxylation is 2. The monoisotopic (exact) mass is 337 g/mol. The SMILES string of the molecule is CCn1cc(CN(C)C(=O)c2cc(S(N)(=O)=O)cnc2C)cn1. The molecule has 9 heteroatoms. The third-order valence-electron chi connectivity index (χ3n) is 3.40. The first kappa shape index (κ1) is 17.1. The van der Waals surface area contributed by atoms with Gasteiger partial charge in [-0.3, -0.25) is 14.5 Å². The molecule has 0 spiro atoms. The summed E-state index contributed by atoms with van der Waals surface area (Å²) in [4.78, 5) is 17.8. The van der Waals surface area contributed by atoms with E-state index in [1.807, 2.05) is 13.1 Å². The molecule has 2 aromatic rings. The lowest BCUT2D eigenvalue weighted by Gasteiger charge is -2.17. The van der Waals surface area contributed by atoms with Gasteiger partial charge in [-0.2, -0.15) is 5.10 Å². The first-order valence-corrected chi connectivity index (χ1v) is 8.53. The topological polar surface area (TPSA) is 111 Å². The highest BCUT2D eigenvalue weighted by Gasteiger charge is 2.19. The Labute approximate surface area is 135 Å². The fourth-order valence-electron chi connectivity index (χ4n) is 2.10. The number of pyridine rings is 1. The molecule has 0 aromatic carbocycles. The van der Waals surface area contributed by atoms with Crippen LogP contribution >= 0.6 is 0 Å². The van der Waals surface area contributed by atoms with Gasteiger partial charge in [0, 0.05) is 38.1 Å². The van der Waals surface area contributed by atoms with Crippen LogP contribution in [0.15, 0.2) is 29.6 Å². The summed E-state index contributed by atoms with van der Waals surface area (Å²) in [5.74, 6) is -0.329. The highest BCUT2D eigenvalue weighted by atomic mass is 32.2. The van der Waals surface area contributed by atoms with Crippen LogP contribution in [0.1, 0.15) is 28.5 Å². The molecule has 2 N–H and O–H groups in total. The molecule has 0 atom stereocenters. The number of carbonyl (C=O) groups is 1. The van der Waals surface area contributed by atoms with Crippen LogP contribution in [-0.2, 0) is 23.1 Å². The van der Waals surface area contributed by atoms with Gasteiger partial charge in [0.1, 0.15) is 4.90 Å². The minimum Gasteiger partial charge on any atom is -0.337 e. The van der Waals surface area contributed by atoms with E-state index in [0.29, 0.717) is 12.2 Å². The molecular formula is C14H19N5O3S. The summed E-state index contributed by atoms with van der Waals surface area (Å²) < 4.78 is 24.6. The van der Waals surface area contributed by atoms with Gasteiger partial charge < -0.3 is 4.90 Å². The molecule has 8 nitrogen and oxygen atoms in total. The molecule has 1 amide bonds. The first-order chi connectivity index (χ1) is 10.7. The smallest absolute Gasteiger partial charge is 0.255 e. The number of carbonyl (C=O) groups excluding carboxylic acids is 1. The fourth-order valence-corrected chi connectivity index (χ4v) is 2.58. The van der Waals surface area contributed by atoms with Crippen molar-refractivity contribution in [1.82, 2.24) is 19.7 Å². The van der Waals surface area contributed by atoms with Gasteiger partial charge in [-0.05, 0) is 19.9 Å². The van der Waals surface area contributed by atoms with E-state index in [4.69, 9.17) is 5.14 Å². The van der Waals surface area contributed by atoms with E-state index in [9.17, 15) is 13.2 Å². The average Bonchev–Trinajstić information content (AvgIpc) is 2.93. The van der Waals surface area contributed by atoms with E-state index in [1.54, 1.807) is 24.9 Å². The first-order valence-electron chi connectivity index (χ1n) is 6.98. The number of rotatable bonds is 5. The van der Waals surface area contributed by atoms with E-state index in [-0.39, 0.29) is 16.4 Å². The largest absolute Gasteiger partial charge is 0.337 e. The second-order valence-corrected chi connectivity index (χ2v) is 6.78. The van der Waals surface area contributed by atoms with Crippen molar-refractivity contribution in [2.75, 3.05) is 7.05 Å². The van der Waals surface area contributed by atoms with Gasteiger partial charge in [0.2, 0.25) is 10.0 Å². The zero-order chi connectivity index (χ0) is 17.2. The summed E-state index contributed by atoms with van der Waals surface area (Å²) in [6, 6.07) is 1.26. The number of amides is 1. The third kappa shape index (κ3) is 3.93. The van der Waals surface area contributed by atoms with Crippen molar-refractivity contribution in [1.29, 1.82) is 0 Å². The summed E-state index contributed by atoms with van der Waals surface area (Å²) >= 11 is 0. The van der Waals surface area contributed by atoms with E-state index >= 15 is 0 Å². The van der Waals surface area contributed by atoms with E-state index in [0.717, 1.165) is 18.3 Å². The summed E-state index contributed by atoms with van der Waals surface area (Å²) in [7, 11) is -2.27. The van der Waals surface area contributed by atoms with Crippen LogP contribution in [0.2, 0.25) is 0 Å². The number of hydrogen-bond acceptors (Lipinski definition) is 5. The molecule has 23 heavy (non-hydrogen) atoms. The Morgan fingerprint density at radius 1 is 1.39 bits per heavy atom. The van der Waals surface area contributed by atoms with Crippen molar-refractivity contribution in [2.45, 2.75) is 31.8 Å². The van der Waals surface area contributed by atoms with Crippen molar-refractivity contribution in [3.63, 3.8) is 0 Å². The molecule has 0 aliphatic carbocycles. The molecule has 124 valence electrons. The van der Waals surface area contributed by atoms with Gasteiger partial charge in [0.05, 0.1) is 17.5 Å². The van der Waals surface area contributed by atoms with Crippen LogP contribution in [0.3, 0.4) is 0 Å². The van der Waals surface area contributed by atoms with Crippen molar-refractivity contribution in [2.24, 2.45) is 5.14 Å². The number of aromatic nitrogens is 3. The summed E-state index contributed by atoms with van der Waals surface area (Å²) in [6.07, 6.45) is 4.70. The number of sulfonamides is 1. The molecule has 0 saturated heterocycles. The molecule has 0 radical (unpaired) electrons. The molecule has 0 unspecified atom stereocenters. The van der Waals surface area contributed by atoms with E-state index in [2.05, 4.69) is 10.1 Å². The minimum absolute atomic E-state index is 0.182. The standard InChI is InChI=1S/C14H19N5O3S/c1-4-19-9-11(6-17-19)8-18(3)14(20)13-5-12(23(15,21)22)7-16-10(13)2/h5-7,9H,4,8H2,1-3H3,(H2,15,21,22). The van der Waals surface area contributed by atoms with Gasteiger partial charge >= 0.3 is 0 Å². The van der Waals surface area contributed by atoms with Gasteiger partial charge in [0.25, 0.3) is 5.91 Å². The van der Waals surface area contributed by atoms with Gasteiger partial charge in [-0.25, -0.2) is 13.6 Å². The van der Waals surface area contributed by atoms with Gasteiger partial charge in [-0.1, -0.05) is 0 Å². The number of primary sulfonamides is 1. The molecule has 0 fully saturated rings. The summed E-state index contributed by atoms with van der Waals surface area (Å²) in [5.41, 5.74) is 1.54. The number of nitrogens with two attached hydrogens (primary N) is 1. The third-order valence-corrected chi connectivity index (χ3v) is 4.28. The zero-order valence-corrected chi connectivity index (χ0v) is 14.0. The summed E-state index contributed by atoms with van der Waals surface area (Å²) in [5, 5.41) is 9.24. The van der Waals surface area contributed by atoms with Gasteiger partial charge in [-0.15, -0.1) is 0 Å². The average molecular weight is 337 g/mol. The lowest BCUT2D eigenvalue weighted by molar-refractivity contribution is 0.0783. The zero-order valence-electron chi connectivity index (χ0n) is 13.2. The lowest BCUT2D eigenvalue weighted by Crippen LogP contribution is -2.27. The van der Waals surface area contributed by atoms with Crippen LogP contribution in [-0.4, -0.2) is 41.0 Å². The van der Waals surface area contributed by atoms with Crippen LogP contribution in [0, 0.1) is 6.92 Å². The lowest BCUT2D eigenvalue weighted by atomic mass is 10.2. The fraction of sp³-hybridized carbons (Fsp3) is 0.357. The Kier molecular flexibility index (Phi) is 4.81. The quantitative estimate of drug-likeness (QED) is 0.855. The maximum absolute atomic E-state index is 12.5. The predicted octanol–water partition coefficient (Wildman–Crippen LogP) is 0.526. The van der Waals surface area contributed by atoms with Crippen LogP contribution < -0.4 is 5.14 Å². The van der Waals surface area contributed by atoms with E-state index < -0.39 is 10.0 Å². The molecule has 2 rings (SSSR count). The normalized spacial score (nSPS) is 11.5. The molecular weight excluding hydrogens is 318 g/mol. The molecule has 2 aromatic heterocycles. The Morgan fingerprint density at radius 2 is 2.09 bits per heavy atom. The number of nitrogens with zero attached hydrogens (tertiary/aromatic N) is 4. The Morgan fingerprint density at radius 3 is 2.65 bits per heavy atom. The van der Waals surface area contributed by atoms with Crippen LogP contribution in [0.5, 0.6) is 0 Å². The Balaban J connectivity index is 2.25. The predicted molar refractivity (Wildman–Crippen MR) is 84.0 cm³/mol. The Hall–Kier alpha value is -2.26. The second-order valence-electron chi connectivity index (χ2n) is 5.21. The highest BCUT2D eigenvalue weighted by Crippen LogP contribution is 2.15. The van der Waals surface area contributed by atoms with Crippen LogP contribution in [0.25, 0.3) is 0 Å². The molecule has 2 heterocycles. The molecule has 0 saturated carbocycles. The highest BCUT2D eigenvalue weighted by molar-refractivity contribution is 7.89. The molecule has 0 bridgehead atoms. The summed E-state index contributed by atoms with van der Waals surface area (Å²) in [6.45, 7) is 4.72. The molecule has 0 aliphatic rings. The minimum atomic E-state index is -3.91. The van der Waals surface area contributed by atoms with Crippen LogP contribution in [0.4, 0.5) is 0 Å². The maximum atomic E-state index is 12.5. The van der Waals surface area contributed by atoms with E-state index in [1.165, 1.54) is 11.0 Å². The van der Waals surface area contributed by atoms with Crippen molar-refractivity contribution >= 4 is 15.9 Å². The van der Waals surface area contributed by atoms with Crippen molar-refractivity contribution in [3.8, 4) is 0 Å². The van der Waals surface area contributed by atoms with Gasteiger partial charge in [0.15, 0.2) is 0 Å². The number of hydrogen-bond donors (Lipinski definition) is 1. The Bertz CT molecular complexity index is 829.